The first-order valence-electron chi connectivity index (χ1n) is 7.94. The summed E-state index contributed by atoms with van der Waals surface area (Å²) in [7, 11) is 0. The summed E-state index contributed by atoms with van der Waals surface area (Å²) in [5.74, 6) is -0.0376. The maximum absolute atomic E-state index is 12.2. The minimum atomic E-state index is -0.0376. The Morgan fingerprint density at radius 3 is 2.62 bits per heavy atom. The number of aromatic nitrogens is 2. The molecule has 1 aromatic carbocycles. The smallest absolute Gasteiger partial charge is 0.251 e. The molecule has 0 fully saturated rings. The van der Waals surface area contributed by atoms with Gasteiger partial charge in [-0.3, -0.25) is 4.79 Å². The van der Waals surface area contributed by atoms with Gasteiger partial charge in [0.2, 0.25) is 0 Å². The predicted molar refractivity (Wildman–Crippen MR) is 98.2 cm³/mol. The quantitative estimate of drug-likeness (QED) is 0.836. The molecule has 0 saturated heterocycles. The van der Waals surface area contributed by atoms with E-state index in [1.54, 1.807) is 0 Å². The van der Waals surface area contributed by atoms with Crippen LogP contribution < -0.4 is 10.6 Å². The van der Waals surface area contributed by atoms with E-state index in [4.69, 9.17) is 0 Å². The standard InChI is InChI=1S/C18H22N4O.ClH/c1-13-11-14(2)22(21-13)17-5-3-16(4-6-17)18(23)20-12-15-7-9-19-10-8-15;/h3-7,11,19H,8-10,12H2,1-2H3,(H,20,23);1H. The SMILES string of the molecule is Cc1cc(C)n(-c2ccc(C(=O)NCC3=CCNCC3)cc2)n1.Cl. The van der Waals surface area contributed by atoms with Crippen LogP contribution in [-0.2, 0) is 0 Å². The monoisotopic (exact) mass is 346 g/mol. The highest BCUT2D eigenvalue weighted by Gasteiger charge is 2.09. The third-order valence-corrected chi connectivity index (χ3v) is 4.02. The first-order chi connectivity index (χ1) is 11.1. The van der Waals surface area contributed by atoms with Crippen LogP contribution in [0.1, 0.15) is 28.2 Å². The molecule has 3 rings (SSSR count). The molecule has 0 radical (unpaired) electrons. The Kier molecular flexibility index (Phi) is 6.17. The van der Waals surface area contributed by atoms with Gasteiger partial charge >= 0.3 is 0 Å². The molecule has 1 aliphatic rings. The van der Waals surface area contributed by atoms with E-state index in [9.17, 15) is 4.79 Å². The topological polar surface area (TPSA) is 59.0 Å². The lowest BCUT2D eigenvalue weighted by atomic mass is 10.1. The molecule has 6 heteroatoms. The van der Waals surface area contributed by atoms with Crippen LogP contribution in [0.15, 0.2) is 42.0 Å². The Hall–Kier alpha value is -2.11. The van der Waals surface area contributed by atoms with Crippen molar-refractivity contribution < 1.29 is 4.79 Å². The van der Waals surface area contributed by atoms with E-state index >= 15 is 0 Å². The van der Waals surface area contributed by atoms with Crippen LogP contribution in [0.25, 0.3) is 5.69 Å². The van der Waals surface area contributed by atoms with Crippen molar-refractivity contribution in [2.24, 2.45) is 0 Å². The van der Waals surface area contributed by atoms with E-state index in [0.717, 1.165) is 36.6 Å². The summed E-state index contributed by atoms with van der Waals surface area (Å²) in [6, 6.07) is 9.58. The van der Waals surface area contributed by atoms with Gasteiger partial charge in [-0.05, 0) is 57.1 Å². The van der Waals surface area contributed by atoms with E-state index in [1.165, 1.54) is 5.57 Å². The first-order valence-corrected chi connectivity index (χ1v) is 7.94. The Bertz CT molecular complexity index is 734. The zero-order valence-electron chi connectivity index (χ0n) is 14.0. The molecule has 0 spiro atoms. The number of amides is 1. The van der Waals surface area contributed by atoms with Crippen LogP contribution in [0, 0.1) is 13.8 Å². The Morgan fingerprint density at radius 2 is 2.04 bits per heavy atom. The molecule has 1 aromatic heterocycles. The largest absolute Gasteiger partial charge is 0.348 e. The van der Waals surface area contributed by atoms with Gasteiger partial charge in [0.1, 0.15) is 0 Å². The van der Waals surface area contributed by atoms with Crippen LogP contribution in [-0.4, -0.2) is 35.3 Å². The summed E-state index contributed by atoms with van der Waals surface area (Å²) in [6.07, 6.45) is 3.15. The van der Waals surface area contributed by atoms with Gasteiger partial charge in [0.15, 0.2) is 0 Å². The van der Waals surface area contributed by atoms with Crippen LogP contribution in [0.3, 0.4) is 0 Å². The minimum Gasteiger partial charge on any atom is -0.348 e. The molecule has 24 heavy (non-hydrogen) atoms. The lowest BCUT2D eigenvalue weighted by Gasteiger charge is -2.14. The molecule has 128 valence electrons. The van der Waals surface area contributed by atoms with Crippen molar-refractivity contribution in [1.29, 1.82) is 0 Å². The minimum absolute atomic E-state index is 0. The summed E-state index contributed by atoms with van der Waals surface area (Å²) in [6.45, 7) is 6.50. The molecule has 2 N–H and O–H groups in total. The normalized spacial score (nSPS) is 13.8. The molecular formula is C18H23ClN4O. The molecule has 5 nitrogen and oxygen atoms in total. The van der Waals surface area contributed by atoms with Crippen molar-refractivity contribution in [2.45, 2.75) is 20.3 Å². The third-order valence-electron chi connectivity index (χ3n) is 4.02. The van der Waals surface area contributed by atoms with Gasteiger partial charge in [-0.25, -0.2) is 4.68 Å². The van der Waals surface area contributed by atoms with Crippen molar-refractivity contribution in [3.8, 4) is 5.69 Å². The number of carbonyl (C=O) groups is 1. The number of benzene rings is 1. The number of aryl methyl sites for hydroxylation is 2. The highest BCUT2D eigenvalue weighted by molar-refractivity contribution is 5.94. The zero-order valence-corrected chi connectivity index (χ0v) is 14.8. The fourth-order valence-electron chi connectivity index (χ4n) is 2.77. The average molecular weight is 347 g/mol. The number of halogens is 1. The van der Waals surface area contributed by atoms with Crippen LogP contribution in [0.2, 0.25) is 0 Å². The molecule has 1 amide bonds. The average Bonchev–Trinajstić information content (AvgIpc) is 2.92. The van der Waals surface area contributed by atoms with Crippen LogP contribution in [0.4, 0.5) is 0 Å². The molecule has 0 unspecified atom stereocenters. The predicted octanol–water partition coefficient (Wildman–Crippen LogP) is 2.56. The molecule has 0 saturated carbocycles. The summed E-state index contributed by atoms with van der Waals surface area (Å²) < 4.78 is 1.89. The van der Waals surface area contributed by atoms with Gasteiger partial charge in [-0.2, -0.15) is 5.10 Å². The highest BCUT2D eigenvalue weighted by atomic mass is 35.5. The van der Waals surface area contributed by atoms with Crippen molar-refractivity contribution in [3.05, 3.63) is 58.9 Å². The van der Waals surface area contributed by atoms with E-state index in [1.807, 2.05) is 48.9 Å². The number of carbonyl (C=O) groups excluding carboxylic acids is 1. The summed E-state index contributed by atoms with van der Waals surface area (Å²) in [4.78, 5) is 12.2. The van der Waals surface area contributed by atoms with Crippen molar-refractivity contribution in [1.82, 2.24) is 20.4 Å². The number of nitrogens with zero attached hydrogens (tertiary/aromatic N) is 2. The van der Waals surface area contributed by atoms with E-state index in [0.29, 0.717) is 12.1 Å². The Morgan fingerprint density at radius 1 is 1.29 bits per heavy atom. The van der Waals surface area contributed by atoms with Gasteiger partial charge in [-0.15, -0.1) is 12.4 Å². The molecule has 0 aliphatic carbocycles. The molecule has 2 aromatic rings. The second kappa shape index (κ2) is 8.13. The number of nitrogens with one attached hydrogen (secondary N) is 2. The van der Waals surface area contributed by atoms with Crippen molar-refractivity contribution in [2.75, 3.05) is 19.6 Å². The number of rotatable bonds is 4. The third kappa shape index (κ3) is 4.24. The Labute approximate surface area is 148 Å². The first kappa shape index (κ1) is 18.2. The van der Waals surface area contributed by atoms with Crippen LogP contribution >= 0.6 is 12.4 Å². The van der Waals surface area contributed by atoms with E-state index < -0.39 is 0 Å². The van der Waals surface area contributed by atoms with Crippen molar-refractivity contribution in [3.63, 3.8) is 0 Å². The highest BCUT2D eigenvalue weighted by Crippen LogP contribution is 2.13. The van der Waals surface area contributed by atoms with E-state index in [2.05, 4.69) is 21.8 Å². The summed E-state index contributed by atoms with van der Waals surface area (Å²) >= 11 is 0. The zero-order chi connectivity index (χ0) is 16.2. The van der Waals surface area contributed by atoms with Gasteiger partial charge < -0.3 is 10.6 Å². The molecule has 0 atom stereocenters. The second-order valence-corrected chi connectivity index (χ2v) is 5.88. The number of hydrogen-bond acceptors (Lipinski definition) is 3. The lowest BCUT2D eigenvalue weighted by molar-refractivity contribution is 0.0956. The summed E-state index contributed by atoms with van der Waals surface area (Å²) in [5.41, 5.74) is 4.99. The van der Waals surface area contributed by atoms with Gasteiger partial charge in [0.25, 0.3) is 5.91 Å². The lowest BCUT2D eigenvalue weighted by Crippen LogP contribution is -2.29. The second-order valence-electron chi connectivity index (χ2n) is 5.88. The maximum Gasteiger partial charge on any atom is 0.251 e. The van der Waals surface area contributed by atoms with Crippen molar-refractivity contribution >= 4 is 18.3 Å². The Balaban J connectivity index is 0.00000208. The van der Waals surface area contributed by atoms with Gasteiger partial charge in [0, 0.05) is 24.3 Å². The molecule has 1 aliphatic heterocycles. The maximum atomic E-state index is 12.2. The fourth-order valence-corrected chi connectivity index (χ4v) is 2.77. The molecular weight excluding hydrogens is 324 g/mol. The fraction of sp³-hybridized carbons (Fsp3) is 0.333. The van der Waals surface area contributed by atoms with Gasteiger partial charge in [-0.1, -0.05) is 11.6 Å². The van der Waals surface area contributed by atoms with Crippen LogP contribution in [0.5, 0.6) is 0 Å². The van der Waals surface area contributed by atoms with Gasteiger partial charge in [0.05, 0.1) is 11.4 Å². The molecule has 2 heterocycles. The summed E-state index contributed by atoms with van der Waals surface area (Å²) in [5, 5.41) is 10.7. The number of hydrogen-bond donors (Lipinski definition) is 2. The van der Waals surface area contributed by atoms with E-state index in [-0.39, 0.29) is 18.3 Å². The molecule has 0 bridgehead atoms.